The number of carbonyl (C=O) groups is 1. The van der Waals surface area contributed by atoms with Gasteiger partial charge < -0.3 is 9.50 Å². The molecule has 3 rings (SSSR count). The zero-order valence-corrected chi connectivity index (χ0v) is 16.6. The third kappa shape index (κ3) is 5.13. The molecule has 0 radical (unpaired) electrons. The highest BCUT2D eigenvalue weighted by Gasteiger charge is 2.19. The highest BCUT2D eigenvalue weighted by atomic mass is 35.5. The van der Waals surface area contributed by atoms with Crippen LogP contribution in [0.15, 0.2) is 77.7 Å². The number of nitriles is 1. The number of nitrogens with zero attached hydrogens (tertiary/aromatic N) is 1. The average Bonchev–Trinajstić information content (AvgIpc) is 2.72. The van der Waals surface area contributed by atoms with E-state index in [1.807, 2.05) is 36.4 Å². The summed E-state index contributed by atoms with van der Waals surface area (Å²) >= 11 is 5.90. The standard InChI is InChI=1S/C21H15ClN2O4S/c22-20-12-19(10-9-17(20)13-23)29(26,27)28-18-8-4-7-16(11-18)21(25)24-14-15-5-2-1-3-6-15/h1-12H,14H2,(H,24,25). The molecule has 3 aromatic rings. The lowest BCUT2D eigenvalue weighted by Crippen LogP contribution is -2.22. The van der Waals surface area contributed by atoms with Gasteiger partial charge in [-0.25, -0.2) is 0 Å². The Hall–Kier alpha value is -3.34. The lowest BCUT2D eigenvalue weighted by atomic mass is 10.2. The van der Waals surface area contributed by atoms with Crippen LogP contribution in [0, 0.1) is 11.3 Å². The third-order valence-corrected chi connectivity index (χ3v) is 5.50. The van der Waals surface area contributed by atoms with Gasteiger partial charge in [-0.15, -0.1) is 0 Å². The number of amides is 1. The van der Waals surface area contributed by atoms with Gasteiger partial charge in [0.25, 0.3) is 5.91 Å². The molecule has 6 nitrogen and oxygen atoms in total. The molecule has 0 saturated heterocycles. The van der Waals surface area contributed by atoms with E-state index >= 15 is 0 Å². The van der Waals surface area contributed by atoms with Gasteiger partial charge in [0.2, 0.25) is 0 Å². The predicted octanol–water partition coefficient (Wildman–Crippen LogP) is 3.91. The molecule has 1 N–H and O–H groups in total. The molecular formula is C21H15ClN2O4S. The summed E-state index contributed by atoms with van der Waals surface area (Å²) in [5.74, 6) is -0.379. The summed E-state index contributed by atoms with van der Waals surface area (Å²) in [5, 5.41) is 11.7. The van der Waals surface area contributed by atoms with E-state index in [0.717, 1.165) is 11.6 Å². The molecule has 0 aliphatic carbocycles. The summed E-state index contributed by atoms with van der Waals surface area (Å²) in [4.78, 5) is 12.2. The summed E-state index contributed by atoms with van der Waals surface area (Å²) < 4.78 is 30.1. The molecule has 8 heteroatoms. The van der Waals surface area contributed by atoms with E-state index in [9.17, 15) is 13.2 Å². The molecule has 0 unspecified atom stereocenters. The summed E-state index contributed by atoms with van der Waals surface area (Å²) in [6, 6.07) is 20.8. The van der Waals surface area contributed by atoms with Crippen LogP contribution in [-0.4, -0.2) is 14.3 Å². The van der Waals surface area contributed by atoms with Crippen molar-refractivity contribution in [3.63, 3.8) is 0 Å². The molecule has 0 saturated carbocycles. The second-order valence-electron chi connectivity index (χ2n) is 5.99. The molecule has 29 heavy (non-hydrogen) atoms. The number of carbonyl (C=O) groups excluding carboxylic acids is 1. The first kappa shape index (κ1) is 20.4. The van der Waals surface area contributed by atoms with Crippen LogP contribution in [0.25, 0.3) is 0 Å². The van der Waals surface area contributed by atoms with Crippen LogP contribution < -0.4 is 9.50 Å². The molecule has 1 amide bonds. The van der Waals surface area contributed by atoms with E-state index in [2.05, 4.69) is 5.32 Å². The second-order valence-corrected chi connectivity index (χ2v) is 7.94. The van der Waals surface area contributed by atoms with Gasteiger partial charge >= 0.3 is 10.1 Å². The van der Waals surface area contributed by atoms with Gasteiger partial charge in [-0.2, -0.15) is 13.7 Å². The summed E-state index contributed by atoms with van der Waals surface area (Å²) in [6.45, 7) is 0.340. The highest BCUT2D eigenvalue weighted by Crippen LogP contribution is 2.24. The molecule has 146 valence electrons. The number of hydrogen-bond acceptors (Lipinski definition) is 5. The smallest absolute Gasteiger partial charge is 0.339 e. The maximum Gasteiger partial charge on any atom is 0.339 e. The van der Waals surface area contributed by atoms with Crippen LogP contribution in [0.3, 0.4) is 0 Å². The number of halogens is 1. The van der Waals surface area contributed by atoms with Crippen molar-refractivity contribution in [3.05, 3.63) is 94.5 Å². The predicted molar refractivity (Wildman–Crippen MR) is 108 cm³/mol. The first-order valence-corrected chi connectivity index (χ1v) is 10.2. The van der Waals surface area contributed by atoms with Gasteiger partial charge in [-0.05, 0) is 42.0 Å². The maximum absolute atomic E-state index is 12.5. The van der Waals surface area contributed by atoms with Crippen molar-refractivity contribution < 1.29 is 17.4 Å². The van der Waals surface area contributed by atoms with E-state index in [1.54, 1.807) is 6.07 Å². The Kier molecular flexibility index (Phi) is 6.17. The molecule has 0 spiro atoms. The molecule has 0 atom stereocenters. The fourth-order valence-electron chi connectivity index (χ4n) is 2.49. The normalized spacial score (nSPS) is 10.8. The Morgan fingerprint density at radius 1 is 1.03 bits per heavy atom. The molecule has 0 fully saturated rings. The van der Waals surface area contributed by atoms with Crippen LogP contribution in [0.1, 0.15) is 21.5 Å². The molecule has 0 bridgehead atoms. The Bertz CT molecular complexity index is 1190. The first-order chi connectivity index (χ1) is 13.9. The molecular weight excluding hydrogens is 412 g/mol. The van der Waals surface area contributed by atoms with E-state index in [0.29, 0.717) is 6.54 Å². The monoisotopic (exact) mass is 426 g/mol. The van der Waals surface area contributed by atoms with Gasteiger partial charge in [-0.3, -0.25) is 4.79 Å². The fourth-order valence-corrected chi connectivity index (χ4v) is 3.72. The minimum Gasteiger partial charge on any atom is -0.379 e. The Morgan fingerprint density at radius 3 is 2.48 bits per heavy atom. The second kappa shape index (κ2) is 8.78. The minimum atomic E-state index is -4.18. The average molecular weight is 427 g/mol. The van der Waals surface area contributed by atoms with Crippen LogP contribution in [0.4, 0.5) is 0 Å². The van der Waals surface area contributed by atoms with Crippen LogP contribution in [0.2, 0.25) is 5.02 Å². The zero-order valence-electron chi connectivity index (χ0n) is 15.0. The summed E-state index contributed by atoms with van der Waals surface area (Å²) in [5.41, 5.74) is 1.35. The molecule has 0 aliphatic heterocycles. The van der Waals surface area contributed by atoms with E-state index in [4.69, 9.17) is 21.0 Å². The number of nitrogens with one attached hydrogen (secondary N) is 1. The van der Waals surface area contributed by atoms with Crippen molar-refractivity contribution in [3.8, 4) is 11.8 Å². The van der Waals surface area contributed by atoms with Crippen LogP contribution >= 0.6 is 11.6 Å². The van der Waals surface area contributed by atoms with Crippen molar-refractivity contribution in [2.45, 2.75) is 11.4 Å². The van der Waals surface area contributed by atoms with Crippen LogP contribution in [0.5, 0.6) is 5.75 Å². The first-order valence-electron chi connectivity index (χ1n) is 8.45. The van der Waals surface area contributed by atoms with E-state index in [1.165, 1.54) is 30.3 Å². The van der Waals surface area contributed by atoms with E-state index < -0.39 is 10.1 Å². The Morgan fingerprint density at radius 2 is 1.79 bits per heavy atom. The highest BCUT2D eigenvalue weighted by molar-refractivity contribution is 7.87. The van der Waals surface area contributed by atoms with Crippen molar-refractivity contribution in [2.24, 2.45) is 0 Å². The minimum absolute atomic E-state index is 0.00576. The molecule has 0 aliphatic rings. The van der Waals surface area contributed by atoms with Gasteiger partial charge in [0.1, 0.15) is 16.7 Å². The van der Waals surface area contributed by atoms with Gasteiger partial charge in [0.15, 0.2) is 0 Å². The van der Waals surface area contributed by atoms with Gasteiger partial charge in [0.05, 0.1) is 10.6 Å². The molecule has 0 aromatic heterocycles. The van der Waals surface area contributed by atoms with Crippen molar-refractivity contribution in [2.75, 3.05) is 0 Å². The Labute approximate surface area is 173 Å². The summed E-state index contributed by atoms with van der Waals surface area (Å²) in [7, 11) is -4.18. The Balaban J connectivity index is 1.74. The fraction of sp³-hybridized carbons (Fsp3) is 0.0476. The molecule has 0 heterocycles. The molecule has 3 aromatic carbocycles. The van der Waals surface area contributed by atoms with Gasteiger partial charge in [-0.1, -0.05) is 48.0 Å². The SMILES string of the molecule is N#Cc1ccc(S(=O)(=O)Oc2cccc(C(=O)NCc3ccccc3)c2)cc1Cl. The summed E-state index contributed by atoms with van der Waals surface area (Å²) in [6.07, 6.45) is 0. The number of benzene rings is 3. The number of hydrogen-bond donors (Lipinski definition) is 1. The lowest BCUT2D eigenvalue weighted by molar-refractivity contribution is 0.0950. The number of rotatable bonds is 6. The van der Waals surface area contributed by atoms with E-state index in [-0.39, 0.29) is 32.7 Å². The third-order valence-electron chi connectivity index (χ3n) is 3.95. The lowest BCUT2D eigenvalue weighted by Gasteiger charge is -2.10. The van der Waals surface area contributed by atoms with Gasteiger partial charge in [0, 0.05) is 12.1 Å². The van der Waals surface area contributed by atoms with Crippen LogP contribution in [-0.2, 0) is 16.7 Å². The maximum atomic E-state index is 12.5. The topological polar surface area (TPSA) is 96.3 Å². The zero-order chi connectivity index (χ0) is 20.9. The van der Waals surface area contributed by atoms with Crippen molar-refractivity contribution in [1.82, 2.24) is 5.32 Å². The largest absolute Gasteiger partial charge is 0.379 e. The van der Waals surface area contributed by atoms with Crippen molar-refractivity contribution >= 4 is 27.6 Å². The quantitative estimate of drug-likeness (QED) is 0.603. The van der Waals surface area contributed by atoms with Crippen molar-refractivity contribution in [1.29, 1.82) is 5.26 Å².